The largest absolute Gasteiger partial charge is 0.384 e. The summed E-state index contributed by atoms with van der Waals surface area (Å²) in [6.07, 6.45) is 1.85. The fourth-order valence-electron chi connectivity index (χ4n) is 1.77. The van der Waals surface area contributed by atoms with E-state index in [2.05, 4.69) is 10.3 Å². The van der Waals surface area contributed by atoms with E-state index in [4.69, 9.17) is 10.5 Å². The summed E-state index contributed by atoms with van der Waals surface area (Å²) < 4.78 is 5.29. The minimum absolute atomic E-state index is 0.0525. The zero-order valence-electron chi connectivity index (χ0n) is 9.26. The van der Waals surface area contributed by atoms with Crippen LogP contribution < -0.4 is 11.1 Å². The Balaban J connectivity index is 2.17. The van der Waals surface area contributed by atoms with Gasteiger partial charge in [-0.25, -0.2) is 4.98 Å². The van der Waals surface area contributed by atoms with Crippen molar-refractivity contribution < 1.29 is 9.66 Å². The summed E-state index contributed by atoms with van der Waals surface area (Å²) in [5.41, 5.74) is 5.46. The molecule has 0 amide bonds. The summed E-state index contributed by atoms with van der Waals surface area (Å²) in [5, 5.41) is 13.8. The second kappa shape index (κ2) is 4.96. The van der Waals surface area contributed by atoms with E-state index in [1.54, 1.807) is 0 Å². The lowest BCUT2D eigenvalue weighted by atomic mass is 10.1. The predicted octanol–water partition coefficient (Wildman–Crippen LogP) is 1.16. The number of nitrogens with one attached hydrogen (secondary N) is 1. The van der Waals surface area contributed by atoms with Crippen LogP contribution in [0.15, 0.2) is 12.1 Å². The Hall–Kier alpha value is -1.89. The van der Waals surface area contributed by atoms with Gasteiger partial charge < -0.3 is 15.8 Å². The molecule has 1 fully saturated rings. The average Bonchev–Trinajstić information content (AvgIpc) is 2.30. The van der Waals surface area contributed by atoms with Crippen molar-refractivity contribution >= 4 is 17.3 Å². The maximum absolute atomic E-state index is 10.8. The molecule has 1 aromatic heterocycles. The number of ether oxygens (including phenoxy) is 1. The Bertz CT molecular complexity index is 418. The molecule has 0 saturated carbocycles. The maximum atomic E-state index is 10.8. The minimum atomic E-state index is -0.474. The first-order valence-electron chi connectivity index (χ1n) is 5.42. The topological polar surface area (TPSA) is 103 Å². The standard InChI is InChI=1S/C10H14N4O3/c11-9-4-3-8(14(15)16)10(13-9)12-7-2-1-5-17-6-7/h3-4,7H,1-2,5-6H2,(H3,11,12,13). The van der Waals surface area contributed by atoms with Crippen molar-refractivity contribution in [3.63, 3.8) is 0 Å². The molecule has 3 N–H and O–H groups in total. The van der Waals surface area contributed by atoms with Crippen LogP contribution in [-0.4, -0.2) is 29.2 Å². The molecule has 2 heterocycles. The van der Waals surface area contributed by atoms with Crippen molar-refractivity contribution in [1.82, 2.24) is 4.98 Å². The van der Waals surface area contributed by atoms with Crippen LogP contribution in [0.2, 0.25) is 0 Å². The zero-order chi connectivity index (χ0) is 12.3. The number of hydrogen-bond acceptors (Lipinski definition) is 6. The highest BCUT2D eigenvalue weighted by atomic mass is 16.6. The molecular formula is C10H14N4O3. The quantitative estimate of drug-likeness (QED) is 0.605. The first kappa shape index (κ1) is 11.6. The van der Waals surface area contributed by atoms with Crippen molar-refractivity contribution in [3.8, 4) is 0 Å². The highest BCUT2D eigenvalue weighted by Gasteiger charge is 2.20. The molecule has 1 aliphatic rings. The van der Waals surface area contributed by atoms with Crippen LogP contribution in [0.4, 0.5) is 17.3 Å². The number of rotatable bonds is 3. The summed E-state index contributed by atoms with van der Waals surface area (Å²) in [7, 11) is 0. The van der Waals surface area contributed by atoms with E-state index in [1.165, 1.54) is 12.1 Å². The minimum Gasteiger partial charge on any atom is -0.384 e. The fourth-order valence-corrected chi connectivity index (χ4v) is 1.77. The van der Waals surface area contributed by atoms with E-state index in [9.17, 15) is 10.1 Å². The number of nitrogens with two attached hydrogens (primary N) is 1. The third-order valence-electron chi connectivity index (χ3n) is 2.59. The fraction of sp³-hybridized carbons (Fsp3) is 0.500. The predicted molar refractivity (Wildman–Crippen MR) is 62.8 cm³/mol. The summed E-state index contributed by atoms with van der Waals surface area (Å²) in [6, 6.07) is 2.83. The maximum Gasteiger partial charge on any atom is 0.311 e. The Morgan fingerprint density at radius 3 is 3.06 bits per heavy atom. The number of nitrogens with zero attached hydrogens (tertiary/aromatic N) is 2. The van der Waals surface area contributed by atoms with Gasteiger partial charge in [0.2, 0.25) is 5.82 Å². The van der Waals surface area contributed by atoms with Crippen LogP contribution >= 0.6 is 0 Å². The first-order valence-corrected chi connectivity index (χ1v) is 5.42. The molecule has 7 nitrogen and oxygen atoms in total. The van der Waals surface area contributed by atoms with Crippen LogP contribution in [0.3, 0.4) is 0 Å². The molecule has 1 aliphatic heterocycles. The van der Waals surface area contributed by atoms with Gasteiger partial charge in [0.15, 0.2) is 0 Å². The zero-order valence-corrected chi connectivity index (χ0v) is 9.26. The van der Waals surface area contributed by atoms with E-state index in [0.717, 1.165) is 19.4 Å². The lowest BCUT2D eigenvalue weighted by molar-refractivity contribution is -0.384. The molecule has 2 rings (SSSR count). The lowest BCUT2D eigenvalue weighted by Gasteiger charge is -2.23. The second-order valence-corrected chi connectivity index (χ2v) is 3.92. The third kappa shape index (κ3) is 2.82. The van der Waals surface area contributed by atoms with Crippen molar-refractivity contribution in [3.05, 3.63) is 22.2 Å². The second-order valence-electron chi connectivity index (χ2n) is 3.92. The van der Waals surface area contributed by atoms with Gasteiger partial charge in [-0.3, -0.25) is 10.1 Å². The highest BCUT2D eigenvalue weighted by molar-refractivity contribution is 5.59. The molecule has 0 bridgehead atoms. The van der Waals surface area contributed by atoms with Crippen LogP contribution in [0.5, 0.6) is 0 Å². The van der Waals surface area contributed by atoms with E-state index in [0.29, 0.717) is 6.61 Å². The first-order chi connectivity index (χ1) is 8.16. The molecule has 17 heavy (non-hydrogen) atoms. The van der Waals surface area contributed by atoms with Crippen molar-refractivity contribution in [2.24, 2.45) is 0 Å². The molecule has 1 atom stereocenters. The van der Waals surface area contributed by atoms with Crippen LogP contribution in [-0.2, 0) is 4.74 Å². The number of hydrogen-bond donors (Lipinski definition) is 2. The molecule has 0 radical (unpaired) electrons. The Morgan fingerprint density at radius 1 is 1.59 bits per heavy atom. The monoisotopic (exact) mass is 238 g/mol. The molecule has 1 unspecified atom stereocenters. The summed E-state index contributed by atoms with van der Waals surface area (Å²) in [5.74, 6) is 0.473. The van der Waals surface area contributed by atoms with Gasteiger partial charge in [-0.1, -0.05) is 0 Å². The normalized spacial score (nSPS) is 19.9. The van der Waals surface area contributed by atoms with E-state index < -0.39 is 4.92 Å². The molecule has 92 valence electrons. The Morgan fingerprint density at radius 2 is 2.41 bits per heavy atom. The molecule has 1 aromatic rings. The molecule has 0 aliphatic carbocycles. The summed E-state index contributed by atoms with van der Waals surface area (Å²) in [6.45, 7) is 1.28. The van der Waals surface area contributed by atoms with Gasteiger partial charge >= 0.3 is 5.69 Å². The Labute approximate surface area is 98.1 Å². The third-order valence-corrected chi connectivity index (χ3v) is 2.59. The number of nitro groups is 1. The van der Waals surface area contributed by atoms with Gasteiger partial charge in [0.1, 0.15) is 5.82 Å². The van der Waals surface area contributed by atoms with E-state index >= 15 is 0 Å². The van der Waals surface area contributed by atoms with Crippen molar-refractivity contribution in [1.29, 1.82) is 0 Å². The van der Waals surface area contributed by atoms with Gasteiger partial charge in [0.25, 0.3) is 0 Å². The van der Waals surface area contributed by atoms with E-state index in [1.807, 2.05) is 0 Å². The lowest BCUT2D eigenvalue weighted by Crippen LogP contribution is -2.30. The number of anilines is 2. The Kier molecular flexibility index (Phi) is 3.38. The highest BCUT2D eigenvalue weighted by Crippen LogP contribution is 2.24. The number of aromatic nitrogens is 1. The van der Waals surface area contributed by atoms with Gasteiger partial charge in [0.05, 0.1) is 17.6 Å². The number of nitrogen functional groups attached to an aromatic ring is 1. The smallest absolute Gasteiger partial charge is 0.311 e. The van der Waals surface area contributed by atoms with Gasteiger partial charge in [-0.15, -0.1) is 0 Å². The van der Waals surface area contributed by atoms with Crippen LogP contribution in [0.1, 0.15) is 12.8 Å². The van der Waals surface area contributed by atoms with Crippen LogP contribution in [0, 0.1) is 10.1 Å². The molecular weight excluding hydrogens is 224 g/mol. The average molecular weight is 238 g/mol. The summed E-state index contributed by atoms with van der Waals surface area (Å²) >= 11 is 0. The van der Waals surface area contributed by atoms with Crippen LogP contribution in [0.25, 0.3) is 0 Å². The molecule has 1 saturated heterocycles. The molecule has 7 heteroatoms. The van der Waals surface area contributed by atoms with Gasteiger partial charge in [-0.2, -0.15) is 0 Å². The van der Waals surface area contributed by atoms with Gasteiger partial charge in [-0.05, 0) is 18.9 Å². The van der Waals surface area contributed by atoms with Crippen molar-refractivity contribution in [2.45, 2.75) is 18.9 Å². The summed E-state index contributed by atoms with van der Waals surface area (Å²) in [4.78, 5) is 14.3. The number of pyridine rings is 1. The SMILES string of the molecule is Nc1ccc([N+](=O)[O-])c(NC2CCCOC2)n1. The van der Waals surface area contributed by atoms with Crippen molar-refractivity contribution in [2.75, 3.05) is 24.3 Å². The molecule has 0 aromatic carbocycles. The van der Waals surface area contributed by atoms with E-state index in [-0.39, 0.29) is 23.4 Å². The van der Waals surface area contributed by atoms with Gasteiger partial charge in [0, 0.05) is 12.7 Å². The molecule has 0 spiro atoms.